The minimum atomic E-state index is 0.358. The van der Waals surface area contributed by atoms with Gasteiger partial charge in [0, 0.05) is 21.9 Å². The van der Waals surface area contributed by atoms with Gasteiger partial charge in [0.15, 0.2) is 0 Å². The molecule has 1 aromatic heterocycles. The summed E-state index contributed by atoms with van der Waals surface area (Å²) in [6.45, 7) is 2.12. The average Bonchev–Trinajstić information content (AvgIpc) is 2.41. The average molecular weight is 336 g/mol. The van der Waals surface area contributed by atoms with Crippen molar-refractivity contribution in [1.29, 1.82) is 0 Å². The number of aromatic nitrogens is 1. The van der Waals surface area contributed by atoms with Gasteiger partial charge < -0.3 is 11.1 Å². The summed E-state index contributed by atoms with van der Waals surface area (Å²) in [7, 11) is 0. The zero-order chi connectivity index (χ0) is 13.8. The van der Waals surface area contributed by atoms with Gasteiger partial charge in [-0.2, -0.15) is 0 Å². The number of halogens is 1. The number of nitrogens with one attached hydrogen (secondary N) is 1. The topological polar surface area (TPSA) is 50.9 Å². The van der Waals surface area contributed by atoms with Gasteiger partial charge in [0.1, 0.15) is 10.8 Å². The molecule has 1 aromatic carbocycles. The monoisotopic (exact) mass is 335 g/mol. The highest BCUT2D eigenvalue weighted by atomic mass is 79.9. The molecular formula is C14H14BrN3S. The quantitative estimate of drug-likeness (QED) is 0.834. The second-order valence-corrected chi connectivity index (χ2v) is 5.43. The predicted octanol–water partition coefficient (Wildman–Crippen LogP) is 3.78. The van der Waals surface area contributed by atoms with E-state index in [1.807, 2.05) is 24.3 Å². The molecular weight excluding hydrogens is 322 g/mol. The first-order valence-corrected chi connectivity index (χ1v) is 7.11. The fraction of sp³-hybridized carbons (Fsp3) is 0.143. The normalized spacial score (nSPS) is 10.2. The summed E-state index contributed by atoms with van der Waals surface area (Å²) in [5, 5.41) is 3.30. The molecule has 3 N–H and O–H groups in total. The molecule has 0 saturated heterocycles. The second kappa shape index (κ2) is 6.12. The van der Waals surface area contributed by atoms with Crippen LogP contribution in [0.4, 0.5) is 11.5 Å². The molecule has 3 nitrogen and oxygen atoms in total. The molecule has 0 aliphatic carbocycles. The van der Waals surface area contributed by atoms with Crippen molar-refractivity contribution in [2.75, 3.05) is 5.32 Å². The van der Waals surface area contributed by atoms with Crippen LogP contribution in [0.1, 0.15) is 18.1 Å². The number of hydrogen-bond acceptors (Lipinski definition) is 3. The van der Waals surface area contributed by atoms with Crippen LogP contribution < -0.4 is 11.1 Å². The van der Waals surface area contributed by atoms with Crippen molar-refractivity contribution in [2.45, 2.75) is 13.3 Å². The SMILES string of the molecule is CCc1cc(Br)ccc1Nc1ccc(C(N)=S)cn1. The van der Waals surface area contributed by atoms with Crippen LogP contribution in [0.25, 0.3) is 0 Å². The highest BCUT2D eigenvalue weighted by Gasteiger charge is 2.03. The summed E-state index contributed by atoms with van der Waals surface area (Å²) in [6, 6.07) is 9.88. The third-order valence-electron chi connectivity index (χ3n) is 2.76. The Morgan fingerprint density at radius 1 is 1.37 bits per heavy atom. The Labute approximate surface area is 126 Å². The summed E-state index contributed by atoms with van der Waals surface area (Å²) in [4.78, 5) is 4.66. The molecule has 2 rings (SSSR count). The molecule has 0 unspecified atom stereocenters. The third-order valence-corrected chi connectivity index (χ3v) is 3.49. The Morgan fingerprint density at radius 2 is 2.16 bits per heavy atom. The molecule has 0 saturated carbocycles. The van der Waals surface area contributed by atoms with Gasteiger partial charge in [0.05, 0.1) is 0 Å². The Hall–Kier alpha value is -1.46. The van der Waals surface area contributed by atoms with Gasteiger partial charge in [-0.25, -0.2) is 4.98 Å². The number of nitrogens with two attached hydrogens (primary N) is 1. The maximum Gasteiger partial charge on any atom is 0.130 e. The second-order valence-electron chi connectivity index (χ2n) is 4.08. The van der Waals surface area contributed by atoms with Crippen LogP contribution in [0.5, 0.6) is 0 Å². The predicted molar refractivity (Wildman–Crippen MR) is 86.9 cm³/mol. The zero-order valence-corrected chi connectivity index (χ0v) is 12.9. The van der Waals surface area contributed by atoms with Gasteiger partial charge >= 0.3 is 0 Å². The Balaban J connectivity index is 2.23. The molecule has 0 atom stereocenters. The fourth-order valence-electron chi connectivity index (χ4n) is 1.73. The van der Waals surface area contributed by atoms with E-state index in [1.54, 1.807) is 6.20 Å². The van der Waals surface area contributed by atoms with Gasteiger partial charge in [-0.05, 0) is 42.3 Å². The smallest absolute Gasteiger partial charge is 0.130 e. The van der Waals surface area contributed by atoms with E-state index in [0.717, 1.165) is 28.0 Å². The van der Waals surface area contributed by atoms with Crippen LogP contribution in [-0.2, 0) is 6.42 Å². The molecule has 0 bridgehead atoms. The Kier molecular flexibility index (Phi) is 4.50. The minimum Gasteiger partial charge on any atom is -0.389 e. The lowest BCUT2D eigenvalue weighted by molar-refractivity contribution is 1.13. The highest BCUT2D eigenvalue weighted by molar-refractivity contribution is 9.10. The lowest BCUT2D eigenvalue weighted by Gasteiger charge is -2.11. The number of rotatable bonds is 4. The van der Waals surface area contributed by atoms with Crippen molar-refractivity contribution in [3.05, 3.63) is 52.1 Å². The first kappa shape index (κ1) is 14.0. The summed E-state index contributed by atoms with van der Waals surface area (Å²) in [6.07, 6.45) is 2.63. The number of benzene rings is 1. The van der Waals surface area contributed by atoms with Crippen molar-refractivity contribution in [2.24, 2.45) is 5.73 Å². The van der Waals surface area contributed by atoms with E-state index in [9.17, 15) is 0 Å². The highest BCUT2D eigenvalue weighted by Crippen LogP contribution is 2.24. The Morgan fingerprint density at radius 3 is 2.74 bits per heavy atom. The molecule has 0 spiro atoms. The van der Waals surface area contributed by atoms with E-state index < -0.39 is 0 Å². The Bertz CT molecular complexity index is 596. The number of aryl methyl sites for hydroxylation is 1. The molecule has 0 amide bonds. The van der Waals surface area contributed by atoms with E-state index in [-0.39, 0.29) is 0 Å². The standard InChI is InChI=1S/C14H14BrN3S/c1-2-9-7-11(15)4-5-12(9)18-13-6-3-10(8-17-13)14(16)19/h3-8H,2H2,1H3,(H2,16,19)(H,17,18). The summed E-state index contributed by atoms with van der Waals surface area (Å²) < 4.78 is 1.08. The number of anilines is 2. The van der Waals surface area contributed by atoms with Crippen LogP contribution in [0, 0.1) is 0 Å². The van der Waals surface area contributed by atoms with Crippen molar-refractivity contribution >= 4 is 44.6 Å². The maximum absolute atomic E-state index is 5.54. The molecule has 19 heavy (non-hydrogen) atoms. The van der Waals surface area contributed by atoms with Crippen molar-refractivity contribution in [3.8, 4) is 0 Å². The van der Waals surface area contributed by atoms with Crippen LogP contribution >= 0.6 is 28.1 Å². The summed E-state index contributed by atoms with van der Waals surface area (Å²) >= 11 is 8.38. The van der Waals surface area contributed by atoms with Crippen molar-refractivity contribution in [1.82, 2.24) is 4.98 Å². The number of thiocarbonyl (C=S) groups is 1. The first-order chi connectivity index (χ1) is 9.10. The van der Waals surface area contributed by atoms with Gasteiger partial charge in [0.25, 0.3) is 0 Å². The van der Waals surface area contributed by atoms with Crippen LogP contribution in [-0.4, -0.2) is 9.97 Å². The number of hydrogen-bond donors (Lipinski definition) is 2. The number of pyridine rings is 1. The van der Waals surface area contributed by atoms with E-state index in [2.05, 4.69) is 39.2 Å². The molecule has 2 aromatic rings. The largest absolute Gasteiger partial charge is 0.389 e. The van der Waals surface area contributed by atoms with Gasteiger partial charge in [0.2, 0.25) is 0 Å². The van der Waals surface area contributed by atoms with E-state index in [0.29, 0.717) is 4.99 Å². The fourth-order valence-corrected chi connectivity index (χ4v) is 2.26. The van der Waals surface area contributed by atoms with Gasteiger partial charge in [-0.1, -0.05) is 35.1 Å². The molecule has 1 heterocycles. The van der Waals surface area contributed by atoms with Crippen LogP contribution in [0.2, 0.25) is 0 Å². The molecule has 0 aliphatic heterocycles. The first-order valence-electron chi connectivity index (χ1n) is 5.91. The van der Waals surface area contributed by atoms with Crippen LogP contribution in [0.15, 0.2) is 41.0 Å². The molecule has 0 radical (unpaired) electrons. The van der Waals surface area contributed by atoms with Gasteiger partial charge in [-0.3, -0.25) is 0 Å². The maximum atomic E-state index is 5.54. The summed E-state index contributed by atoms with van der Waals surface area (Å²) in [5.41, 5.74) is 8.60. The van der Waals surface area contributed by atoms with Crippen molar-refractivity contribution in [3.63, 3.8) is 0 Å². The van der Waals surface area contributed by atoms with Gasteiger partial charge in [-0.15, -0.1) is 0 Å². The van der Waals surface area contributed by atoms with Crippen molar-refractivity contribution < 1.29 is 0 Å². The lowest BCUT2D eigenvalue weighted by atomic mass is 10.1. The number of nitrogens with zero attached hydrogens (tertiary/aromatic N) is 1. The molecule has 5 heteroatoms. The molecule has 0 aliphatic rings. The summed E-state index contributed by atoms with van der Waals surface area (Å²) in [5.74, 6) is 0.775. The lowest BCUT2D eigenvalue weighted by Crippen LogP contribution is -2.09. The van der Waals surface area contributed by atoms with E-state index in [1.165, 1.54) is 5.56 Å². The van der Waals surface area contributed by atoms with E-state index in [4.69, 9.17) is 18.0 Å². The third kappa shape index (κ3) is 3.52. The molecule has 98 valence electrons. The van der Waals surface area contributed by atoms with Crippen LogP contribution in [0.3, 0.4) is 0 Å². The molecule has 0 fully saturated rings. The minimum absolute atomic E-state index is 0.358. The zero-order valence-electron chi connectivity index (χ0n) is 10.5. The van der Waals surface area contributed by atoms with E-state index >= 15 is 0 Å².